The number of rotatable bonds is 6. The minimum atomic E-state index is -0.997. The molecule has 0 unspecified atom stereocenters. The van der Waals surface area contributed by atoms with E-state index >= 15 is 0 Å². The van der Waals surface area contributed by atoms with Crippen LogP contribution >= 0.6 is 11.8 Å². The van der Waals surface area contributed by atoms with Gasteiger partial charge in [0.25, 0.3) is 0 Å². The maximum atomic E-state index is 11.3. The first-order valence-corrected chi connectivity index (χ1v) is 6.29. The Balaban J connectivity index is 1.81. The van der Waals surface area contributed by atoms with Crippen molar-refractivity contribution in [2.45, 2.75) is 11.7 Å². The Bertz CT molecular complexity index is 450. The molecule has 1 fully saturated rings. The molecule has 10 heteroatoms. The molecule has 1 aliphatic heterocycles. The predicted molar refractivity (Wildman–Crippen MR) is 61.1 cm³/mol. The van der Waals surface area contributed by atoms with Gasteiger partial charge in [0.05, 0.1) is 0 Å². The van der Waals surface area contributed by atoms with Gasteiger partial charge in [-0.2, -0.15) is 0 Å². The standard InChI is InChI=1S/C8H12N6O3S/c15-6(16)5-14-8(10-11-12-14)18-4-3-13-2-1-9-7(13)17/h1-5H2,(H,9,17)(H,15,16). The number of nitrogens with one attached hydrogen (secondary N) is 1. The lowest BCUT2D eigenvalue weighted by Gasteiger charge is -2.12. The molecule has 2 rings (SSSR count). The van der Waals surface area contributed by atoms with Gasteiger partial charge >= 0.3 is 12.0 Å². The van der Waals surface area contributed by atoms with Crippen molar-refractivity contribution in [3.63, 3.8) is 0 Å². The van der Waals surface area contributed by atoms with Crippen molar-refractivity contribution in [2.75, 3.05) is 25.4 Å². The zero-order chi connectivity index (χ0) is 13.0. The van der Waals surface area contributed by atoms with Crippen molar-refractivity contribution < 1.29 is 14.7 Å². The zero-order valence-corrected chi connectivity index (χ0v) is 10.3. The van der Waals surface area contributed by atoms with Gasteiger partial charge < -0.3 is 15.3 Å². The molecule has 0 saturated carbocycles. The van der Waals surface area contributed by atoms with Crippen LogP contribution in [-0.4, -0.2) is 67.6 Å². The van der Waals surface area contributed by atoms with Crippen LogP contribution in [0.5, 0.6) is 0 Å². The van der Waals surface area contributed by atoms with Crippen LogP contribution in [0.1, 0.15) is 0 Å². The maximum Gasteiger partial charge on any atom is 0.325 e. The van der Waals surface area contributed by atoms with Crippen LogP contribution < -0.4 is 5.32 Å². The van der Waals surface area contributed by atoms with Crippen LogP contribution in [-0.2, 0) is 11.3 Å². The number of hydrogen-bond donors (Lipinski definition) is 2. The fourth-order valence-electron chi connectivity index (χ4n) is 1.50. The number of carbonyl (C=O) groups is 2. The molecule has 2 heterocycles. The summed E-state index contributed by atoms with van der Waals surface area (Å²) in [6, 6.07) is -0.0688. The largest absolute Gasteiger partial charge is 0.480 e. The number of hydrogen-bond acceptors (Lipinski definition) is 6. The summed E-state index contributed by atoms with van der Waals surface area (Å²) >= 11 is 1.33. The minimum absolute atomic E-state index is 0.0688. The minimum Gasteiger partial charge on any atom is -0.480 e. The van der Waals surface area contributed by atoms with E-state index in [9.17, 15) is 9.59 Å². The van der Waals surface area contributed by atoms with Crippen molar-refractivity contribution in [3.05, 3.63) is 0 Å². The lowest BCUT2D eigenvalue weighted by atomic mass is 10.6. The van der Waals surface area contributed by atoms with Gasteiger partial charge in [0.15, 0.2) is 0 Å². The van der Waals surface area contributed by atoms with Gasteiger partial charge in [0.2, 0.25) is 5.16 Å². The summed E-state index contributed by atoms with van der Waals surface area (Å²) in [4.78, 5) is 23.5. The molecule has 1 saturated heterocycles. The quantitative estimate of drug-likeness (QED) is 0.630. The molecule has 1 aromatic heterocycles. The lowest BCUT2D eigenvalue weighted by Crippen LogP contribution is -2.30. The first-order chi connectivity index (χ1) is 8.66. The van der Waals surface area contributed by atoms with Crippen LogP contribution in [0.4, 0.5) is 4.79 Å². The highest BCUT2D eigenvalue weighted by atomic mass is 32.2. The molecule has 98 valence electrons. The van der Waals surface area contributed by atoms with E-state index in [4.69, 9.17) is 5.11 Å². The number of thioether (sulfide) groups is 1. The van der Waals surface area contributed by atoms with Crippen LogP contribution in [0.25, 0.3) is 0 Å². The van der Waals surface area contributed by atoms with Crippen molar-refractivity contribution in [3.8, 4) is 0 Å². The van der Waals surface area contributed by atoms with E-state index in [1.807, 2.05) is 0 Å². The van der Waals surface area contributed by atoms with Gasteiger partial charge in [0, 0.05) is 25.4 Å². The third-order valence-electron chi connectivity index (χ3n) is 2.32. The summed E-state index contributed by atoms with van der Waals surface area (Å²) in [5.41, 5.74) is 0. The summed E-state index contributed by atoms with van der Waals surface area (Å²) in [6.45, 7) is 1.68. The molecule has 0 spiro atoms. The Morgan fingerprint density at radius 1 is 1.56 bits per heavy atom. The summed E-state index contributed by atoms with van der Waals surface area (Å²) in [5.74, 6) is -0.379. The van der Waals surface area contributed by atoms with Crippen LogP contribution in [0.2, 0.25) is 0 Å². The van der Waals surface area contributed by atoms with E-state index in [1.54, 1.807) is 4.90 Å². The van der Waals surface area contributed by atoms with E-state index in [2.05, 4.69) is 20.8 Å². The smallest absolute Gasteiger partial charge is 0.325 e. The molecule has 0 aliphatic carbocycles. The highest BCUT2D eigenvalue weighted by molar-refractivity contribution is 7.99. The molecule has 1 aliphatic rings. The maximum absolute atomic E-state index is 11.3. The number of carbonyl (C=O) groups excluding carboxylic acids is 1. The fourth-order valence-corrected chi connectivity index (χ4v) is 2.34. The first kappa shape index (κ1) is 12.6. The Morgan fingerprint density at radius 2 is 2.39 bits per heavy atom. The highest BCUT2D eigenvalue weighted by Crippen LogP contribution is 2.13. The van der Waals surface area contributed by atoms with E-state index in [1.165, 1.54) is 16.4 Å². The van der Waals surface area contributed by atoms with E-state index in [0.717, 1.165) is 0 Å². The Morgan fingerprint density at radius 3 is 3.06 bits per heavy atom. The molecule has 0 aromatic carbocycles. The van der Waals surface area contributed by atoms with Gasteiger partial charge in [-0.1, -0.05) is 11.8 Å². The molecule has 0 bridgehead atoms. The van der Waals surface area contributed by atoms with Crippen molar-refractivity contribution in [2.24, 2.45) is 0 Å². The molecule has 0 radical (unpaired) electrons. The number of tetrazole rings is 1. The summed E-state index contributed by atoms with van der Waals surface area (Å²) in [7, 11) is 0. The molecule has 1 aromatic rings. The third kappa shape index (κ3) is 3.09. The van der Waals surface area contributed by atoms with E-state index < -0.39 is 5.97 Å². The molecule has 2 N–H and O–H groups in total. The normalized spacial score (nSPS) is 14.9. The van der Waals surface area contributed by atoms with Crippen LogP contribution in [0.15, 0.2) is 5.16 Å². The second kappa shape index (κ2) is 5.67. The highest BCUT2D eigenvalue weighted by Gasteiger charge is 2.19. The number of aliphatic carboxylic acids is 1. The van der Waals surface area contributed by atoms with E-state index in [0.29, 0.717) is 30.5 Å². The average Bonchev–Trinajstić information content (AvgIpc) is 2.89. The van der Waals surface area contributed by atoms with Crippen molar-refractivity contribution in [1.82, 2.24) is 30.4 Å². The zero-order valence-electron chi connectivity index (χ0n) is 9.44. The SMILES string of the molecule is O=C(O)Cn1nnnc1SCCN1CCNC1=O. The van der Waals surface area contributed by atoms with E-state index in [-0.39, 0.29) is 12.6 Å². The fraction of sp³-hybridized carbons (Fsp3) is 0.625. The second-order valence-electron chi connectivity index (χ2n) is 3.58. The Hall–Kier alpha value is -1.84. The van der Waals surface area contributed by atoms with Gasteiger partial charge in [0.1, 0.15) is 6.54 Å². The molecular weight excluding hydrogens is 260 g/mol. The molecule has 2 amide bonds. The predicted octanol–water partition coefficient (Wildman–Crippen LogP) is -1.12. The van der Waals surface area contributed by atoms with Gasteiger partial charge in [-0.25, -0.2) is 9.48 Å². The van der Waals surface area contributed by atoms with Gasteiger partial charge in [-0.05, 0) is 10.4 Å². The number of carboxylic acids is 1. The number of amides is 2. The van der Waals surface area contributed by atoms with Crippen molar-refractivity contribution >= 4 is 23.8 Å². The molecule has 18 heavy (non-hydrogen) atoms. The number of carboxylic acid groups (broad SMARTS) is 1. The molecular formula is C8H12N6O3S. The molecule has 9 nitrogen and oxygen atoms in total. The van der Waals surface area contributed by atoms with Crippen molar-refractivity contribution in [1.29, 1.82) is 0 Å². The topological polar surface area (TPSA) is 113 Å². The number of aromatic nitrogens is 4. The second-order valence-corrected chi connectivity index (χ2v) is 4.64. The monoisotopic (exact) mass is 272 g/mol. The number of urea groups is 1. The van der Waals surface area contributed by atoms with Crippen LogP contribution in [0.3, 0.4) is 0 Å². The van der Waals surface area contributed by atoms with Gasteiger partial charge in [-0.3, -0.25) is 4.79 Å². The summed E-state index contributed by atoms with van der Waals surface area (Å²) < 4.78 is 1.22. The third-order valence-corrected chi connectivity index (χ3v) is 3.26. The van der Waals surface area contributed by atoms with Gasteiger partial charge in [-0.15, -0.1) is 5.10 Å². The first-order valence-electron chi connectivity index (χ1n) is 5.30. The summed E-state index contributed by atoms with van der Waals surface area (Å²) in [6.07, 6.45) is 0. The molecule has 0 atom stereocenters. The lowest BCUT2D eigenvalue weighted by molar-refractivity contribution is -0.138. The average molecular weight is 272 g/mol. The summed E-state index contributed by atoms with van der Waals surface area (Å²) in [5, 5.41) is 22.5. The number of nitrogens with zero attached hydrogens (tertiary/aromatic N) is 5. The Labute approximate surface area is 107 Å². The van der Waals surface area contributed by atoms with Crippen LogP contribution in [0, 0.1) is 0 Å². The Kier molecular flexibility index (Phi) is 3.97.